The molecule has 5 nitrogen and oxygen atoms in total. The number of nitrogens with zero attached hydrogens (tertiary/aromatic N) is 2. The van der Waals surface area contributed by atoms with E-state index in [0.29, 0.717) is 31.4 Å². The highest BCUT2D eigenvalue weighted by molar-refractivity contribution is 7.82. The summed E-state index contributed by atoms with van der Waals surface area (Å²) in [5.41, 5.74) is 6.53. The first-order valence-corrected chi connectivity index (χ1v) is 7.57. The van der Waals surface area contributed by atoms with Crippen molar-refractivity contribution < 1.29 is 8.95 Å². The second-order valence-electron chi connectivity index (χ2n) is 3.97. The Morgan fingerprint density at radius 1 is 1.39 bits per heavy atom. The Balaban J connectivity index is 1.90. The van der Waals surface area contributed by atoms with Crippen LogP contribution in [0.25, 0.3) is 10.2 Å². The van der Waals surface area contributed by atoms with Gasteiger partial charge in [0.1, 0.15) is 11.0 Å². The summed E-state index contributed by atoms with van der Waals surface area (Å²) in [5.74, 6) is 0. The van der Waals surface area contributed by atoms with E-state index >= 15 is 0 Å². The van der Waals surface area contributed by atoms with Crippen molar-refractivity contribution in [3.05, 3.63) is 18.2 Å². The predicted octanol–water partition coefficient (Wildman–Crippen LogP) is 1.23. The lowest BCUT2D eigenvalue weighted by Gasteiger charge is -2.25. The summed E-state index contributed by atoms with van der Waals surface area (Å²) in [4.78, 5) is 4.99. The van der Waals surface area contributed by atoms with E-state index in [2.05, 4.69) is 4.98 Å². The molecule has 0 radical (unpaired) electrons. The zero-order chi connectivity index (χ0) is 12.5. The van der Waals surface area contributed by atoms with Crippen molar-refractivity contribution in [1.29, 1.82) is 0 Å². The molecule has 0 spiro atoms. The SMILES string of the molecule is Nc1nc2ccc(S(=O)N3CCOCC3)cc2s1. The van der Waals surface area contributed by atoms with E-state index < -0.39 is 11.0 Å². The van der Waals surface area contributed by atoms with Crippen molar-refractivity contribution in [2.24, 2.45) is 0 Å². The number of hydrogen-bond acceptors (Lipinski definition) is 5. The fourth-order valence-corrected chi connectivity index (χ4v) is 3.92. The molecule has 1 atom stereocenters. The van der Waals surface area contributed by atoms with Gasteiger partial charge in [0.05, 0.1) is 28.3 Å². The smallest absolute Gasteiger partial charge is 0.181 e. The normalized spacial score (nSPS) is 19.1. The van der Waals surface area contributed by atoms with Crippen LogP contribution in [-0.4, -0.2) is 39.8 Å². The topological polar surface area (TPSA) is 68.5 Å². The van der Waals surface area contributed by atoms with Gasteiger partial charge in [-0.25, -0.2) is 13.5 Å². The number of morpholine rings is 1. The monoisotopic (exact) mass is 283 g/mol. The minimum Gasteiger partial charge on any atom is -0.379 e. The predicted molar refractivity (Wildman–Crippen MR) is 72.8 cm³/mol. The van der Waals surface area contributed by atoms with Crippen LogP contribution in [0.15, 0.2) is 23.1 Å². The maximum absolute atomic E-state index is 12.4. The fourth-order valence-electron chi connectivity index (χ4n) is 1.89. The molecule has 2 heterocycles. The van der Waals surface area contributed by atoms with E-state index in [0.717, 1.165) is 15.1 Å². The molecule has 1 unspecified atom stereocenters. The Kier molecular flexibility index (Phi) is 3.29. The molecule has 3 rings (SSSR count). The van der Waals surface area contributed by atoms with Gasteiger partial charge in [0.15, 0.2) is 5.13 Å². The number of benzene rings is 1. The quantitative estimate of drug-likeness (QED) is 0.900. The fraction of sp³-hybridized carbons (Fsp3) is 0.364. The van der Waals surface area contributed by atoms with Gasteiger partial charge < -0.3 is 10.5 Å². The Morgan fingerprint density at radius 3 is 2.94 bits per heavy atom. The van der Waals surface area contributed by atoms with Crippen molar-refractivity contribution in [2.75, 3.05) is 32.0 Å². The first-order valence-electron chi connectivity index (χ1n) is 5.65. The summed E-state index contributed by atoms with van der Waals surface area (Å²) in [6.07, 6.45) is 0. The zero-order valence-electron chi connectivity index (χ0n) is 9.67. The molecule has 2 aromatic rings. The Labute approximate surface area is 111 Å². The summed E-state index contributed by atoms with van der Waals surface area (Å²) in [6, 6.07) is 5.64. The standard InChI is InChI=1S/C11H13N3O2S2/c12-11-13-9-2-1-8(7-10(9)17-11)18(15)14-3-5-16-6-4-14/h1-2,7H,3-6H2,(H2,12,13). The lowest BCUT2D eigenvalue weighted by Crippen LogP contribution is -2.37. The van der Waals surface area contributed by atoms with Gasteiger partial charge >= 0.3 is 0 Å². The van der Waals surface area contributed by atoms with Gasteiger partial charge in [-0.3, -0.25) is 0 Å². The minimum absolute atomic E-state index is 0.541. The van der Waals surface area contributed by atoms with Gasteiger partial charge in [-0.1, -0.05) is 11.3 Å². The number of fused-ring (bicyclic) bond motifs is 1. The van der Waals surface area contributed by atoms with Gasteiger partial charge in [0.25, 0.3) is 0 Å². The van der Waals surface area contributed by atoms with Crippen LogP contribution >= 0.6 is 11.3 Å². The minimum atomic E-state index is -1.13. The molecule has 0 amide bonds. The molecule has 1 aromatic heterocycles. The molecule has 0 bridgehead atoms. The van der Waals surface area contributed by atoms with Gasteiger partial charge in [0, 0.05) is 13.1 Å². The molecule has 96 valence electrons. The van der Waals surface area contributed by atoms with E-state index in [1.807, 2.05) is 22.5 Å². The number of rotatable bonds is 2. The maximum Gasteiger partial charge on any atom is 0.181 e. The van der Waals surface area contributed by atoms with E-state index in [4.69, 9.17) is 10.5 Å². The molecule has 1 aliphatic rings. The number of thiazole rings is 1. The van der Waals surface area contributed by atoms with Crippen molar-refractivity contribution in [2.45, 2.75) is 4.90 Å². The highest BCUT2D eigenvalue weighted by atomic mass is 32.2. The average Bonchev–Trinajstić information content (AvgIpc) is 2.78. The van der Waals surface area contributed by atoms with Crippen LogP contribution in [0, 0.1) is 0 Å². The third kappa shape index (κ3) is 2.26. The maximum atomic E-state index is 12.4. The average molecular weight is 283 g/mol. The number of ether oxygens (including phenoxy) is 1. The van der Waals surface area contributed by atoms with Crippen LogP contribution in [-0.2, 0) is 15.7 Å². The first-order chi connectivity index (χ1) is 8.74. The summed E-state index contributed by atoms with van der Waals surface area (Å²) >= 11 is 1.42. The van der Waals surface area contributed by atoms with Crippen molar-refractivity contribution in [1.82, 2.24) is 9.29 Å². The van der Waals surface area contributed by atoms with E-state index in [-0.39, 0.29) is 0 Å². The van der Waals surface area contributed by atoms with Crippen molar-refractivity contribution >= 4 is 37.7 Å². The molecular formula is C11H13N3O2S2. The van der Waals surface area contributed by atoms with Crippen molar-refractivity contribution in [3.63, 3.8) is 0 Å². The summed E-state index contributed by atoms with van der Waals surface area (Å²) in [5, 5.41) is 0.541. The largest absolute Gasteiger partial charge is 0.379 e. The van der Waals surface area contributed by atoms with Gasteiger partial charge in [-0.2, -0.15) is 0 Å². The lowest BCUT2D eigenvalue weighted by atomic mass is 10.3. The molecule has 7 heteroatoms. The summed E-state index contributed by atoms with van der Waals surface area (Å²) in [7, 11) is -1.13. The Bertz CT molecular complexity index is 593. The van der Waals surface area contributed by atoms with Crippen LogP contribution < -0.4 is 5.73 Å². The molecule has 18 heavy (non-hydrogen) atoms. The van der Waals surface area contributed by atoms with Gasteiger partial charge in [-0.05, 0) is 18.2 Å². The molecule has 1 saturated heterocycles. The molecule has 1 fully saturated rings. The van der Waals surface area contributed by atoms with Gasteiger partial charge in [0.2, 0.25) is 0 Å². The van der Waals surface area contributed by atoms with E-state index in [9.17, 15) is 4.21 Å². The third-order valence-corrected chi connectivity index (χ3v) is 5.12. The highest BCUT2D eigenvalue weighted by Crippen LogP contribution is 2.26. The Hall–Kier alpha value is -1.02. The highest BCUT2D eigenvalue weighted by Gasteiger charge is 2.18. The Morgan fingerprint density at radius 2 is 2.17 bits per heavy atom. The summed E-state index contributed by atoms with van der Waals surface area (Å²) < 4.78 is 20.5. The number of nitrogens with two attached hydrogens (primary N) is 1. The molecule has 0 saturated carbocycles. The second kappa shape index (κ2) is 4.93. The van der Waals surface area contributed by atoms with E-state index in [1.165, 1.54) is 11.3 Å². The number of anilines is 1. The first kappa shape index (κ1) is 12.0. The number of nitrogen functional groups attached to an aromatic ring is 1. The van der Waals surface area contributed by atoms with Crippen LogP contribution in [0.1, 0.15) is 0 Å². The third-order valence-electron chi connectivity index (χ3n) is 2.78. The van der Waals surface area contributed by atoms with Crippen LogP contribution in [0.2, 0.25) is 0 Å². The lowest BCUT2D eigenvalue weighted by molar-refractivity contribution is 0.0752. The van der Waals surface area contributed by atoms with Crippen LogP contribution in [0.5, 0.6) is 0 Å². The molecule has 1 aromatic carbocycles. The van der Waals surface area contributed by atoms with Crippen LogP contribution in [0.4, 0.5) is 5.13 Å². The van der Waals surface area contributed by atoms with Gasteiger partial charge in [-0.15, -0.1) is 0 Å². The molecule has 2 N–H and O–H groups in total. The number of hydrogen-bond donors (Lipinski definition) is 1. The summed E-state index contributed by atoms with van der Waals surface area (Å²) in [6.45, 7) is 2.69. The van der Waals surface area contributed by atoms with E-state index in [1.54, 1.807) is 0 Å². The number of aromatic nitrogens is 1. The zero-order valence-corrected chi connectivity index (χ0v) is 11.3. The molecular weight excluding hydrogens is 270 g/mol. The molecule has 1 aliphatic heterocycles. The van der Waals surface area contributed by atoms with Crippen molar-refractivity contribution in [3.8, 4) is 0 Å². The second-order valence-corrected chi connectivity index (χ2v) is 6.52. The van der Waals surface area contributed by atoms with Crippen LogP contribution in [0.3, 0.4) is 0 Å². The molecule has 0 aliphatic carbocycles.